The van der Waals surface area contributed by atoms with Gasteiger partial charge in [-0.3, -0.25) is 76.7 Å². The minimum absolute atomic E-state index is 0.00341. The molecular weight excluding hydrogens is 1500 g/mol. The maximum absolute atomic E-state index is 15.6. The van der Waals surface area contributed by atoms with Crippen LogP contribution in [-0.4, -0.2) is 238 Å². The van der Waals surface area contributed by atoms with Gasteiger partial charge in [-0.2, -0.15) is 0 Å². The molecular formula is C78H115N13O20S2. The summed E-state index contributed by atoms with van der Waals surface area (Å²) < 4.78 is 11.6. The highest BCUT2D eigenvalue weighted by molar-refractivity contribution is 8.76. The fourth-order valence-corrected chi connectivity index (χ4v) is 15.2. The molecule has 0 aliphatic carbocycles. The first-order valence-electron chi connectivity index (χ1n) is 38.5. The highest BCUT2D eigenvalue weighted by Crippen LogP contribution is 2.27. The number of carbonyl (C=O) groups is 16. The number of cyclic esters (lactones) is 1. The summed E-state index contributed by atoms with van der Waals surface area (Å²) >= 11 is 0. The highest BCUT2D eigenvalue weighted by atomic mass is 33.1. The molecule has 1 unspecified atom stereocenters. The van der Waals surface area contributed by atoms with Gasteiger partial charge in [-0.05, 0) is 81.3 Å². The van der Waals surface area contributed by atoms with E-state index in [9.17, 15) is 63.0 Å². The molecule has 3 saturated heterocycles. The van der Waals surface area contributed by atoms with Gasteiger partial charge in [0.05, 0.1) is 30.7 Å². The first-order valence-corrected chi connectivity index (χ1v) is 41.0. The maximum Gasteiger partial charge on any atom is 0.312 e. The zero-order valence-electron chi connectivity index (χ0n) is 66.7. The van der Waals surface area contributed by atoms with Crippen molar-refractivity contribution < 1.29 is 96.4 Å². The molecule has 0 radical (unpaired) electrons. The van der Waals surface area contributed by atoms with Crippen LogP contribution >= 0.6 is 21.6 Å². The number of likely N-dealkylation sites (N-methyl/N-ethyl adjacent to an activating group) is 1. The van der Waals surface area contributed by atoms with Crippen LogP contribution in [-0.2, 0) is 99.0 Å². The molecule has 0 spiro atoms. The van der Waals surface area contributed by atoms with Crippen molar-refractivity contribution >= 4 is 116 Å². The lowest BCUT2D eigenvalue weighted by atomic mass is 9.93. The van der Waals surface area contributed by atoms with Crippen LogP contribution in [0.5, 0.6) is 0 Å². The number of carbonyl (C=O) groups excluding carboxylic acids is 15. The van der Waals surface area contributed by atoms with E-state index in [1.807, 2.05) is 20.8 Å². The summed E-state index contributed by atoms with van der Waals surface area (Å²) in [5.41, 5.74) is 0.426. The second kappa shape index (κ2) is 46.0. The van der Waals surface area contributed by atoms with E-state index in [4.69, 9.17) is 9.47 Å². The number of nitrogens with zero attached hydrogens (tertiary/aromatic N) is 2. The van der Waals surface area contributed by atoms with Crippen molar-refractivity contribution in [3.63, 3.8) is 0 Å². The summed E-state index contributed by atoms with van der Waals surface area (Å²) in [6, 6.07) is -1.89. The molecule has 624 valence electrons. The van der Waals surface area contributed by atoms with Crippen LogP contribution in [0.25, 0.3) is 0 Å². The summed E-state index contributed by atoms with van der Waals surface area (Å²) in [6.45, 7) is 20.4. The first kappa shape index (κ1) is 94.1. The smallest absolute Gasteiger partial charge is 0.312 e. The number of rotatable bonds is 20. The molecule has 0 saturated carbocycles. The Morgan fingerprint density at radius 2 is 1.17 bits per heavy atom. The van der Waals surface area contributed by atoms with Crippen LogP contribution < -0.4 is 58.5 Å². The van der Waals surface area contributed by atoms with Crippen LogP contribution in [0.3, 0.4) is 0 Å². The van der Waals surface area contributed by atoms with E-state index in [1.54, 1.807) is 95.3 Å². The Labute approximate surface area is 667 Å². The van der Waals surface area contributed by atoms with Gasteiger partial charge in [-0.1, -0.05) is 163 Å². The van der Waals surface area contributed by atoms with Crippen molar-refractivity contribution in [2.75, 3.05) is 38.8 Å². The molecule has 3 aliphatic heterocycles. The lowest BCUT2D eigenvalue weighted by molar-refractivity contribution is -0.160. The van der Waals surface area contributed by atoms with Crippen molar-refractivity contribution in [3.05, 3.63) is 84.1 Å². The molecule has 13 N–H and O–H groups in total. The van der Waals surface area contributed by atoms with Gasteiger partial charge in [-0.25, -0.2) is 0 Å². The number of methoxy groups -OCH3 is 1. The van der Waals surface area contributed by atoms with Crippen LogP contribution in [0.4, 0.5) is 0 Å². The molecule has 13 amide bonds. The third-order valence-corrected chi connectivity index (χ3v) is 23.0. The van der Waals surface area contributed by atoms with E-state index < -0.39 is 234 Å². The van der Waals surface area contributed by atoms with E-state index in [2.05, 4.69) is 65.1 Å². The van der Waals surface area contributed by atoms with Crippen molar-refractivity contribution in [1.82, 2.24) is 68.3 Å². The molecule has 18 atom stereocenters. The summed E-state index contributed by atoms with van der Waals surface area (Å²) in [6.07, 6.45) is -4.21. The summed E-state index contributed by atoms with van der Waals surface area (Å²) in [5, 5.41) is 49.6. The highest BCUT2D eigenvalue weighted by Gasteiger charge is 2.45. The Morgan fingerprint density at radius 1 is 0.619 bits per heavy atom. The van der Waals surface area contributed by atoms with E-state index in [0.717, 1.165) is 26.5 Å². The van der Waals surface area contributed by atoms with E-state index in [1.165, 1.54) is 39.8 Å². The quantitative estimate of drug-likeness (QED) is 0.0503. The minimum Gasteiger partial charge on any atom is -0.481 e. The van der Waals surface area contributed by atoms with Crippen molar-refractivity contribution in [2.24, 2.45) is 29.6 Å². The summed E-state index contributed by atoms with van der Waals surface area (Å²) in [4.78, 5) is 236. The Hall–Kier alpha value is -9.48. The number of carboxylic acid groups (broad SMARTS) is 1. The number of aliphatic hydroxyl groups excluding tert-OH is 1. The summed E-state index contributed by atoms with van der Waals surface area (Å²) in [7, 11) is 4.31. The van der Waals surface area contributed by atoms with Gasteiger partial charge in [0.1, 0.15) is 78.6 Å². The number of hydrogen-bond donors (Lipinski definition) is 13. The van der Waals surface area contributed by atoms with Crippen molar-refractivity contribution in [2.45, 2.75) is 238 Å². The molecule has 2 bridgehead atoms. The lowest BCUT2D eigenvalue weighted by Crippen LogP contribution is -2.62. The number of Topliss-reactive ketones (excluding diaryl/α,β-unsaturated/α-hetero) is 1. The monoisotopic (exact) mass is 1620 g/mol. The Kier molecular flexibility index (Phi) is 38.3. The zero-order valence-corrected chi connectivity index (χ0v) is 68.4. The molecule has 0 aromatic heterocycles. The van der Waals surface area contributed by atoms with Gasteiger partial charge in [0.15, 0.2) is 5.78 Å². The fourth-order valence-electron chi connectivity index (χ4n) is 12.9. The van der Waals surface area contributed by atoms with Crippen LogP contribution in [0.15, 0.2) is 72.9 Å². The fraction of sp³-hybridized carbons (Fsp3) is 0.615. The lowest BCUT2D eigenvalue weighted by Gasteiger charge is -2.35. The zero-order chi connectivity index (χ0) is 84.1. The largest absolute Gasteiger partial charge is 0.481 e. The molecule has 35 heteroatoms. The van der Waals surface area contributed by atoms with Gasteiger partial charge in [0, 0.05) is 57.9 Å². The number of esters is 1. The van der Waals surface area contributed by atoms with Crippen molar-refractivity contribution in [3.8, 4) is 0 Å². The summed E-state index contributed by atoms with van der Waals surface area (Å²) in [5.74, 6) is -20.3. The Morgan fingerprint density at radius 3 is 1.73 bits per heavy atom. The molecule has 3 heterocycles. The van der Waals surface area contributed by atoms with Gasteiger partial charge >= 0.3 is 11.9 Å². The molecule has 2 aromatic carbocycles. The number of benzene rings is 2. The molecule has 5 rings (SSSR count). The van der Waals surface area contributed by atoms with Crippen molar-refractivity contribution in [1.29, 1.82) is 0 Å². The molecule has 33 nitrogen and oxygen atoms in total. The second-order valence-electron chi connectivity index (χ2n) is 29.7. The number of ether oxygens (including phenoxy) is 2. The van der Waals surface area contributed by atoms with E-state index >= 15 is 24.0 Å². The molecule has 3 aliphatic rings. The number of carboxylic acids is 1. The average molecular weight is 1620 g/mol. The van der Waals surface area contributed by atoms with E-state index in [-0.39, 0.29) is 69.1 Å². The number of aliphatic carboxylic acids is 1. The number of amides is 13. The minimum atomic E-state index is -2.02. The molecule has 2 aromatic rings. The normalized spacial score (nSPS) is 27.5. The van der Waals surface area contributed by atoms with Crippen LogP contribution in [0.2, 0.25) is 0 Å². The predicted molar refractivity (Wildman–Crippen MR) is 420 cm³/mol. The molecule has 3 fully saturated rings. The van der Waals surface area contributed by atoms with Gasteiger partial charge in [0.2, 0.25) is 70.9 Å². The maximum atomic E-state index is 15.6. The predicted octanol–water partition coefficient (Wildman–Crippen LogP) is 1.17. The number of fused-ring (bicyclic) bond motifs is 6. The second-order valence-corrected chi connectivity index (χ2v) is 32.3. The van der Waals surface area contributed by atoms with Gasteiger partial charge < -0.3 is 88.0 Å². The van der Waals surface area contributed by atoms with Crippen LogP contribution in [0.1, 0.15) is 151 Å². The number of ketones is 1. The standard InChI is InChI=1S/C78H115N13O20S2/c1-15-42(6)33-52-69(100)87-62(41(4)5)77(108)90(13)65(48(12)110-14)59(93)37-51(38-92)78(109)111-47(11)64-75(106)85-55(36-50-27-22-19-23-28-50)76(107)91-32-24-29-58(91)73(104)86-57(72(103)88-63(44(8)17-3)74(105)80-46(10)67(98)82-52)40-113-112-39-56(81-60(94)30-31-61(95)96)71(102)84-54(35-49-25-20-18-21-26-49)68(99)79-45(9)66(97)83-53(70(101)89-64)34-43(7)16-2/h18-23,25-28,41-45,47-48,51-58,62-65,92H,10,15-17,24,29-40H2,1-9,11-14H3,(H,79,99)(H,80,105)(H,81,94)(H,82,98)(H,83,97)(H,84,102)(H,85,106)(H,86,104)(H,87,100)(H,88,103)(H,89,101)(H,95,96)/t42-,43+,44+,45-,47-,48-,51+,52+,53?,54-,55-,56+,57+,58+,62-,63+,64-,65+/m1/s1. The number of aliphatic hydroxyl groups is 1. The number of hydrogen-bond acceptors (Lipinski definition) is 21. The topological polar surface area (TPSA) is 471 Å². The third-order valence-electron chi connectivity index (χ3n) is 20.6. The SMILES string of the molecule is C=C1NC(=O)[C@H]([C@@H](C)CC)NC(=O)[C@@H]2CSSC[C@H](NC(=O)CCC(=O)O)C(=O)N[C@H](Cc3ccccc3)C(=O)N[C@H](C)C(=O)NC(C[C@@H](C)CC)C(=O)N[C@@H](C(=O)N[C@H](Cc3ccccc3)C(=O)N3CCC[C@H]3C(=O)N2)[C@@H](C)OC(=O)[C@H](CO)CC(=O)[C@H]([C@@H](C)OC)N(C)C(=O)[C@@H](C(C)C)NC(=O)[C@H](C[C@H](C)CC)NC1=O. The van der Waals surface area contributed by atoms with Crippen LogP contribution in [0, 0.1) is 29.6 Å². The Bertz CT molecular complexity index is 3690. The first-order chi connectivity index (χ1) is 53.5. The van der Waals surface area contributed by atoms with E-state index in [0.29, 0.717) is 24.0 Å². The average Bonchev–Trinajstić information content (AvgIpc) is 1.75. The van der Waals surface area contributed by atoms with Gasteiger partial charge in [-0.15, -0.1) is 0 Å². The van der Waals surface area contributed by atoms with Gasteiger partial charge in [0.25, 0.3) is 5.91 Å². The molecule has 113 heavy (non-hydrogen) atoms. The number of nitrogens with one attached hydrogen (secondary N) is 11. The Balaban J connectivity index is 1.80. The third kappa shape index (κ3) is 28.5.